The Kier molecular flexibility index (Phi) is 6.56. The predicted octanol–water partition coefficient (Wildman–Crippen LogP) is 2.71. The molecule has 0 bridgehead atoms. The molecule has 1 aromatic heterocycles. The van der Waals surface area contributed by atoms with E-state index >= 15 is 0 Å². The zero-order valence-corrected chi connectivity index (χ0v) is 14.6. The normalized spacial score (nSPS) is 10.6. The van der Waals surface area contributed by atoms with Gasteiger partial charge in [0.2, 0.25) is 5.13 Å². The number of hydrazone groups is 1. The molecule has 0 spiro atoms. The first kappa shape index (κ1) is 17.7. The van der Waals surface area contributed by atoms with E-state index < -0.39 is 0 Å². The average molecular weight is 349 g/mol. The van der Waals surface area contributed by atoms with Crippen LogP contribution in [0.5, 0.6) is 11.5 Å². The van der Waals surface area contributed by atoms with E-state index in [1.165, 1.54) is 11.3 Å². The summed E-state index contributed by atoms with van der Waals surface area (Å²) >= 11 is 1.37. The number of hydrogen-bond donors (Lipinski definition) is 1. The van der Waals surface area contributed by atoms with Crippen LogP contribution in [0, 0.1) is 0 Å². The lowest BCUT2D eigenvalue weighted by atomic mass is 10.2. The van der Waals surface area contributed by atoms with Crippen molar-refractivity contribution in [2.24, 2.45) is 5.10 Å². The third kappa shape index (κ3) is 4.95. The number of rotatable bonds is 8. The molecule has 1 heterocycles. The molecule has 2 rings (SSSR count). The lowest BCUT2D eigenvalue weighted by molar-refractivity contribution is -0.142. The lowest BCUT2D eigenvalue weighted by Crippen LogP contribution is -2.07. The van der Waals surface area contributed by atoms with Gasteiger partial charge >= 0.3 is 5.97 Å². The molecule has 0 unspecified atom stereocenters. The number of methoxy groups -OCH3 is 2. The van der Waals surface area contributed by atoms with E-state index in [0.717, 1.165) is 5.56 Å². The maximum atomic E-state index is 11.4. The van der Waals surface area contributed by atoms with E-state index in [1.807, 2.05) is 12.1 Å². The molecular formula is C16H19N3O4S. The molecule has 0 atom stereocenters. The zero-order valence-electron chi connectivity index (χ0n) is 13.7. The maximum absolute atomic E-state index is 11.4. The fraction of sp³-hybridized carbons (Fsp3) is 0.312. The van der Waals surface area contributed by atoms with Gasteiger partial charge in [0.15, 0.2) is 0 Å². The SMILES string of the molecule is CCOC(=O)Cc1csc(NN=Cc2ccc(OC)cc2OC)n1. The van der Waals surface area contributed by atoms with Gasteiger partial charge in [-0.3, -0.25) is 10.2 Å². The summed E-state index contributed by atoms with van der Waals surface area (Å²) < 4.78 is 15.3. The van der Waals surface area contributed by atoms with Crippen LogP contribution in [0.2, 0.25) is 0 Å². The number of nitrogens with zero attached hydrogens (tertiary/aromatic N) is 2. The van der Waals surface area contributed by atoms with E-state index in [1.54, 1.807) is 38.8 Å². The number of esters is 1. The molecule has 0 aliphatic carbocycles. The highest BCUT2D eigenvalue weighted by atomic mass is 32.1. The molecule has 8 heteroatoms. The van der Waals surface area contributed by atoms with Crippen LogP contribution in [-0.2, 0) is 16.0 Å². The van der Waals surface area contributed by atoms with Gasteiger partial charge in [0, 0.05) is 17.0 Å². The summed E-state index contributed by atoms with van der Waals surface area (Å²) in [4.78, 5) is 15.7. The minimum absolute atomic E-state index is 0.155. The molecule has 0 aliphatic heterocycles. The van der Waals surface area contributed by atoms with E-state index in [0.29, 0.717) is 28.9 Å². The number of thiazole rings is 1. The van der Waals surface area contributed by atoms with E-state index in [4.69, 9.17) is 14.2 Å². The van der Waals surface area contributed by atoms with Crippen LogP contribution >= 0.6 is 11.3 Å². The standard InChI is InChI=1S/C16H19N3O4S/c1-4-23-15(20)7-12-10-24-16(18-12)19-17-9-11-5-6-13(21-2)8-14(11)22-3/h5-6,8-10H,4,7H2,1-3H3,(H,18,19). The van der Waals surface area contributed by atoms with Crippen molar-refractivity contribution in [3.8, 4) is 11.5 Å². The molecule has 0 radical (unpaired) electrons. The van der Waals surface area contributed by atoms with Crippen molar-refractivity contribution in [3.63, 3.8) is 0 Å². The first-order valence-electron chi connectivity index (χ1n) is 7.27. The highest BCUT2D eigenvalue weighted by Crippen LogP contribution is 2.23. The minimum Gasteiger partial charge on any atom is -0.497 e. The quantitative estimate of drug-likeness (QED) is 0.448. The first-order chi connectivity index (χ1) is 11.7. The fourth-order valence-corrected chi connectivity index (χ4v) is 2.54. The van der Waals surface area contributed by atoms with Crippen molar-refractivity contribution in [1.82, 2.24) is 4.98 Å². The molecule has 0 amide bonds. The Balaban J connectivity index is 1.97. The topological polar surface area (TPSA) is 82.0 Å². The molecular weight excluding hydrogens is 330 g/mol. The number of benzene rings is 1. The number of carbonyl (C=O) groups is 1. The van der Waals surface area contributed by atoms with Crippen LogP contribution in [0.3, 0.4) is 0 Å². The van der Waals surface area contributed by atoms with Crippen LogP contribution in [0.25, 0.3) is 0 Å². The van der Waals surface area contributed by atoms with E-state index in [9.17, 15) is 4.79 Å². The van der Waals surface area contributed by atoms with Gasteiger partial charge in [0.25, 0.3) is 0 Å². The maximum Gasteiger partial charge on any atom is 0.311 e. The van der Waals surface area contributed by atoms with E-state index in [2.05, 4.69) is 15.5 Å². The van der Waals surface area contributed by atoms with Crippen molar-refractivity contribution in [3.05, 3.63) is 34.8 Å². The van der Waals surface area contributed by atoms with Gasteiger partial charge in [-0.2, -0.15) is 5.10 Å². The van der Waals surface area contributed by atoms with Gasteiger partial charge < -0.3 is 14.2 Å². The van der Waals surface area contributed by atoms with Crippen molar-refractivity contribution >= 4 is 28.7 Å². The second kappa shape index (κ2) is 8.88. The summed E-state index contributed by atoms with van der Waals surface area (Å²) in [7, 11) is 3.18. The first-order valence-corrected chi connectivity index (χ1v) is 8.15. The highest BCUT2D eigenvalue weighted by Gasteiger charge is 2.08. The second-order valence-electron chi connectivity index (χ2n) is 4.60. The molecule has 0 saturated heterocycles. The summed E-state index contributed by atoms with van der Waals surface area (Å²) in [5, 5.41) is 6.53. The third-order valence-electron chi connectivity index (χ3n) is 2.99. The Hall–Kier alpha value is -2.61. The van der Waals surface area contributed by atoms with Crippen molar-refractivity contribution in [2.45, 2.75) is 13.3 Å². The smallest absolute Gasteiger partial charge is 0.311 e. The summed E-state index contributed by atoms with van der Waals surface area (Å²) in [6, 6.07) is 5.45. The molecule has 1 aromatic carbocycles. The molecule has 0 fully saturated rings. The molecule has 0 aliphatic rings. The van der Waals surface area contributed by atoms with E-state index in [-0.39, 0.29) is 12.4 Å². The number of hydrogen-bond acceptors (Lipinski definition) is 8. The zero-order chi connectivity index (χ0) is 17.4. The molecule has 1 N–H and O–H groups in total. The van der Waals surface area contributed by atoms with Gasteiger partial charge in [-0.1, -0.05) is 0 Å². The predicted molar refractivity (Wildman–Crippen MR) is 93.2 cm³/mol. The molecule has 7 nitrogen and oxygen atoms in total. The molecule has 0 saturated carbocycles. The third-order valence-corrected chi connectivity index (χ3v) is 3.78. The van der Waals surface area contributed by atoms with Crippen molar-refractivity contribution in [2.75, 3.05) is 26.3 Å². The van der Waals surface area contributed by atoms with Crippen molar-refractivity contribution < 1.29 is 19.0 Å². The van der Waals surface area contributed by atoms with Gasteiger partial charge in [0.1, 0.15) is 11.5 Å². The lowest BCUT2D eigenvalue weighted by Gasteiger charge is -2.06. The van der Waals surface area contributed by atoms with Crippen LogP contribution in [-0.4, -0.2) is 38.0 Å². The summed E-state index contributed by atoms with van der Waals surface area (Å²) in [5.41, 5.74) is 4.29. The Bertz CT molecular complexity index is 715. The Morgan fingerprint density at radius 3 is 2.92 bits per heavy atom. The summed E-state index contributed by atoms with van der Waals surface area (Å²) in [6.45, 7) is 2.14. The Morgan fingerprint density at radius 1 is 1.38 bits per heavy atom. The van der Waals surface area contributed by atoms with Crippen LogP contribution in [0.1, 0.15) is 18.2 Å². The number of carbonyl (C=O) groups excluding carboxylic acids is 1. The Morgan fingerprint density at radius 2 is 2.21 bits per heavy atom. The average Bonchev–Trinajstić information content (AvgIpc) is 3.02. The fourth-order valence-electron chi connectivity index (χ4n) is 1.88. The monoisotopic (exact) mass is 349 g/mol. The molecule has 2 aromatic rings. The van der Waals surface area contributed by atoms with Gasteiger partial charge in [-0.15, -0.1) is 11.3 Å². The van der Waals surface area contributed by atoms with Crippen molar-refractivity contribution in [1.29, 1.82) is 0 Å². The van der Waals surface area contributed by atoms with Crippen LogP contribution in [0.4, 0.5) is 5.13 Å². The summed E-state index contributed by atoms with van der Waals surface area (Å²) in [5.74, 6) is 1.07. The van der Waals surface area contributed by atoms with Gasteiger partial charge in [-0.25, -0.2) is 4.98 Å². The number of anilines is 1. The number of nitrogens with one attached hydrogen (secondary N) is 1. The number of aromatic nitrogens is 1. The molecule has 128 valence electrons. The summed E-state index contributed by atoms with van der Waals surface area (Å²) in [6.07, 6.45) is 1.78. The number of ether oxygens (including phenoxy) is 3. The van der Waals surface area contributed by atoms with Crippen LogP contribution < -0.4 is 14.9 Å². The van der Waals surface area contributed by atoms with Gasteiger partial charge in [-0.05, 0) is 19.1 Å². The Labute approximate surface area is 144 Å². The van der Waals surface area contributed by atoms with Gasteiger partial charge in [0.05, 0.1) is 39.2 Å². The molecule has 24 heavy (non-hydrogen) atoms. The van der Waals surface area contributed by atoms with Crippen LogP contribution in [0.15, 0.2) is 28.7 Å². The largest absolute Gasteiger partial charge is 0.497 e. The minimum atomic E-state index is -0.291. The highest BCUT2D eigenvalue weighted by molar-refractivity contribution is 7.13. The second-order valence-corrected chi connectivity index (χ2v) is 5.46.